The number of hydrogen-bond donors (Lipinski definition) is 1. The number of aromatic nitrogens is 1. The Kier molecular flexibility index (Phi) is 4.32. The summed E-state index contributed by atoms with van der Waals surface area (Å²) in [6.45, 7) is 5.29. The summed E-state index contributed by atoms with van der Waals surface area (Å²) < 4.78 is 30.3. The predicted octanol–water partition coefficient (Wildman–Crippen LogP) is 2.36. The first kappa shape index (κ1) is 16.5. The molecule has 1 amide bonds. The van der Waals surface area contributed by atoms with E-state index >= 15 is 0 Å². The van der Waals surface area contributed by atoms with Crippen molar-refractivity contribution in [1.29, 1.82) is 0 Å². The molecule has 0 unspecified atom stereocenters. The van der Waals surface area contributed by atoms with Gasteiger partial charge in [0.25, 0.3) is 0 Å². The summed E-state index contributed by atoms with van der Waals surface area (Å²) in [6, 6.07) is 1.56. The molecule has 1 aromatic heterocycles. The van der Waals surface area contributed by atoms with Gasteiger partial charge in [0, 0.05) is 6.04 Å². The standard InChI is InChI=1S/C14H21N3O4S/c1-14(2,3)21-13(18)16-10-7-12(9-15-8-10)17(11-5-6-11)22(4,19)20/h7-9,11H,5-6H2,1-4H3,(H,16,18). The number of sulfonamides is 1. The topological polar surface area (TPSA) is 88.6 Å². The molecular formula is C14H21N3O4S. The molecule has 0 bridgehead atoms. The van der Waals surface area contributed by atoms with Gasteiger partial charge in [-0.2, -0.15) is 0 Å². The molecule has 0 saturated heterocycles. The van der Waals surface area contributed by atoms with E-state index in [-0.39, 0.29) is 6.04 Å². The minimum atomic E-state index is -3.38. The molecule has 0 aromatic carbocycles. The maximum atomic E-state index is 11.9. The first-order valence-electron chi connectivity index (χ1n) is 7.01. The van der Waals surface area contributed by atoms with E-state index in [9.17, 15) is 13.2 Å². The average molecular weight is 327 g/mol. The lowest BCUT2D eigenvalue weighted by Crippen LogP contribution is -2.32. The lowest BCUT2D eigenvalue weighted by molar-refractivity contribution is 0.0636. The number of hydrogen-bond acceptors (Lipinski definition) is 5. The molecule has 0 radical (unpaired) electrons. The Morgan fingerprint density at radius 3 is 2.50 bits per heavy atom. The van der Waals surface area contributed by atoms with Crippen molar-refractivity contribution in [3.8, 4) is 0 Å². The fourth-order valence-corrected chi connectivity index (χ4v) is 3.26. The van der Waals surface area contributed by atoms with E-state index in [1.807, 2.05) is 0 Å². The normalized spacial score (nSPS) is 15.3. The number of carbonyl (C=O) groups excluding carboxylic acids is 1. The Bertz CT molecular complexity index is 663. The molecule has 0 atom stereocenters. The quantitative estimate of drug-likeness (QED) is 0.917. The van der Waals surface area contributed by atoms with Crippen molar-refractivity contribution in [3.05, 3.63) is 18.5 Å². The fourth-order valence-electron chi connectivity index (χ4n) is 2.02. The first-order chi connectivity index (χ1) is 10.1. The minimum Gasteiger partial charge on any atom is -0.444 e. The van der Waals surface area contributed by atoms with Crippen LogP contribution < -0.4 is 9.62 Å². The third-order valence-corrected chi connectivity index (χ3v) is 4.08. The summed E-state index contributed by atoms with van der Waals surface area (Å²) in [5, 5.41) is 2.56. The predicted molar refractivity (Wildman–Crippen MR) is 84.4 cm³/mol. The van der Waals surface area contributed by atoms with Crippen molar-refractivity contribution in [1.82, 2.24) is 4.98 Å². The van der Waals surface area contributed by atoms with E-state index in [0.29, 0.717) is 11.4 Å². The van der Waals surface area contributed by atoms with Crippen molar-refractivity contribution in [3.63, 3.8) is 0 Å². The zero-order valence-electron chi connectivity index (χ0n) is 13.2. The van der Waals surface area contributed by atoms with Crippen molar-refractivity contribution >= 4 is 27.5 Å². The lowest BCUT2D eigenvalue weighted by atomic mass is 10.2. The van der Waals surface area contributed by atoms with Crippen LogP contribution in [0.25, 0.3) is 0 Å². The van der Waals surface area contributed by atoms with Crippen molar-refractivity contribution in [2.75, 3.05) is 15.9 Å². The maximum Gasteiger partial charge on any atom is 0.412 e. The van der Waals surface area contributed by atoms with E-state index < -0.39 is 21.7 Å². The number of anilines is 2. The molecule has 1 aromatic rings. The van der Waals surface area contributed by atoms with Crippen molar-refractivity contribution in [2.24, 2.45) is 0 Å². The first-order valence-corrected chi connectivity index (χ1v) is 8.85. The van der Waals surface area contributed by atoms with Crippen LogP contribution in [0, 0.1) is 0 Å². The Morgan fingerprint density at radius 2 is 2.00 bits per heavy atom. The van der Waals surface area contributed by atoms with Gasteiger partial charge >= 0.3 is 6.09 Å². The van der Waals surface area contributed by atoms with Crippen LogP contribution in [0.1, 0.15) is 33.6 Å². The molecule has 122 valence electrons. The van der Waals surface area contributed by atoms with Crippen LogP contribution in [0.15, 0.2) is 18.5 Å². The Labute approximate surface area is 130 Å². The Hall–Kier alpha value is -1.83. The number of ether oxygens (including phenoxy) is 1. The third-order valence-electron chi connectivity index (χ3n) is 2.86. The highest BCUT2D eigenvalue weighted by molar-refractivity contribution is 7.92. The number of pyridine rings is 1. The number of rotatable bonds is 4. The zero-order valence-corrected chi connectivity index (χ0v) is 14.0. The van der Waals surface area contributed by atoms with Crippen molar-refractivity contribution in [2.45, 2.75) is 45.3 Å². The van der Waals surface area contributed by atoms with Crippen LogP contribution in [0.4, 0.5) is 16.2 Å². The Morgan fingerprint density at radius 1 is 1.36 bits per heavy atom. The second-order valence-electron chi connectivity index (χ2n) is 6.35. The second-order valence-corrected chi connectivity index (χ2v) is 8.21. The average Bonchev–Trinajstić information content (AvgIpc) is 3.09. The smallest absolute Gasteiger partial charge is 0.412 e. The van der Waals surface area contributed by atoms with E-state index in [1.165, 1.54) is 23.0 Å². The third kappa shape index (κ3) is 4.59. The van der Waals surface area contributed by atoms with Gasteiger partial charge < -0.3 is 4.74 Å². The highest BCUT2D eigenvalue weighted by Crippen LogP contribution is 2.34. The highest BCUT2D eigenvalue weighted by Gasteiger charge is 2.35. The molecule has 8 heteroatoms. The number of amides is 1. The molecular weight excluding hydrogens is 306 g/mol. The Balaban J connectivity index is 2.18. The van der Waals surface area contributed by atoms with Gasteiger partial charge in [0.1, 0.15) is 5.60 Å². The maximum absolute atomic E-state index is 11.9. The molecule has 7 nitrogen and oxygen atoms in total. The second kappa shape index (κ2) is 5.75. The molecule has 1 N–H and O–H groups in total. The summed E-state index contributed by atoms with van der Waals surface area (Å²) in [4.78, 5) is 15.8. The fraction of sp³-hybridized carbons (Fsp3) is 0.571. The molecule has 2 rings (SSSR count). The van der Waals surface area contributed by atoms with Gasteiger partial charge in [-0.25, -0.2) is 13.2 Å². The van der Waals surface area contributed by atoms with Gasteiger partial charge in [-0.3, -0.25) is 14.6 Å². The molecule has 1 heterocycles. The lowest BCUT2D eigenvalue weighted by Gasteiger charge is -2.22. The van der Waals surface area contributed by atoms with Gasteiger partial charge in [-0.15, -0.1) is 0 Å². The highest BCUT2D eigenvalue weighted by atomic mass is 32.2. The minimum absolute atomic E-state index is 0.0198. The molecule has 1 aliphatic carbocycles. The van der Waals surface area contributed by atoms with Crippen LogP contribution in [0.2, 0.25) is 0 Å². The molecule has 1 fully saturated rings. The summed E-state index contributed by atoms with van der Waals surface area (Å²) in [5.74, 6) is 0. The summed E-state index contributed by atoms with van der Waals surface area (Å²) in [6.07, 6.45) is 5.14. The van der Waals surface area contributed by atoms with Gasteiger partial charge in [0.2, 0.25) is 10.0 Å². The molecule has 0 aliphatic heterocycles. The number of carbonyl (C=O) groups is 1. The zero-order chi connectivity index (χ0) is 16.5. The number of nitrogens with zero attached hydrogens (tertiary/aromatic N) is 2. The molecule has 22 heavy (non-hydrogen) atoms. The van der Waals surface area contributed by atoms with Gasteiger partial charge in [-0.1, -0.05) is 0 Å². The van der Waals surface area contributed by atoms with Gasteiger partial charge in [0.05, 0.1) is 30.0 Å². The monoisotopic (exact) mass is 327 g/mol. The SMILES string of the molecule is CC(C)(C)OC(=O)Nc1cncc(N(C2CC2)S(C)(=O)=O)c1. The van der Waals surface area contributed by atoms with Crippen molar-refractivity contribution < 1.29 is 17.9 Å². The summed E-state index contributed by atoms with van der Waals surface area (Å²) in [5.41, 5.74) is 0.224. The van der Waals surface area contributed by atoms with E-state index in [2.05, 4.69) is 10.3 Å². The summed E-state index contributed by atoms with van der Waals surface area (Å²) >= 11 is 0. The van der Waals surface area contributed by atoms with E-state index in [4.69, 9.17) is 4.74 Å². The molecule has 0 spiro atoms. The van der Waals surface area contributed by atoms with Crippen LogP contribution in [0.5, 0.6) is 0 Å². The van der Waals surface area contributed by atoms with Crippen LogP contribution in [-0.2, 0) is 14.8 Å². The van der Waals surface area contributed by atoms with E-state index in [0.717, 1.165) is 12.8 Å². The van der Waals surface area contributed by atoms with Crippen LogP contribution in [0.3, 0.4) is 0 Å². The summed E-state index contributed by atoms with van der Waals surface area (Å²) in [7, 11) is -3.38. The molecule has 1 saturated carbocycles. The largest absolute Gasteiger partial charge is 0.444 e. The van der Waals surface area contributed by atoms with Gasteiger partial charge in [-0.05, 0) is 39.7 Å². The van der Waals surface area contributed by atoms with Crippen LogP contribution >= 0.6 is 0 Å². The molecule has 1 aliphatic rings. The van der Waals surface area contributed by atoms with Gasteiger partial charge in [0.15, 0.2) is 0 Å². The number of nitrogens with one attached hydrogen (secondary N) is 1. The van der Waals surface area contributed by atoms with E-state index in [1.54, 1.807) is 26.8 Å². The van der Waals surface area contributed by atoms with Crippen LogP contribution in [-0.4, -0.2) is 37.4 Å².